The maximum absolute atomic E-state index is 11.7. The minimum Gasteiger partial charge on any atom is -0.481 e. The first kappa shape index (κ1) is 14.7. The van der Waals surface area contributed by atoms with Crippen LogP contribution in [0.2, 0.25) is 0 Å². The van der Waals surface area contributed by atoms with Crippen LogP contribution in [0.5, 0.6) is 0 Å². The summed E-state index contributed by atoms with van der Waals surface area (Å²) in [5.74, 6) is -2.53. The molecule has 1 atom stereocenters. The van der Waals surface area contributed by atoms with E-state index >= 15 is 0 Å². The largest absolute Gasteiger partial charge is 0.481 e. The number of rotatable bonds is 4. The lowest BCUT2D eigenvalue weighted by molar-refractivity contribution is -0.151. The standard InChI is InChI=1S/C12H21NO3/c1-8(2)6-7-13-10(14)9(11(15)16)12(3,4)5/h6,9H,7H2,1-5H3,(H,13,14)(H,15,16). The van der Waals surface area contributed by atoms with E-state index in [1.54, 1.807) is 20.8 Å². The fourth-order valence-electron chi connectivity index (χ4n) is 1.33. The summed E-state index contributed by atoms with van der Waals surface area (Å²) in [7, 11) is 0. The summed E-state index contributed by atoms with van der Waals surface area (Å²) in [6.07, 6.45) is 1.85. The van der Waals surface area contributed by atoms with Crippen LogP contribution in [0, 0.1) is 11.3 Å². The molecule has 0 aliphatic carbocycles. The Kier molecular flexibility index (Phi) is 5.21. The highest BCUT2D eigenvalue weighted by Crippen LogP contribution is 2.26. The Labute approximate surface area is 96.7 Å². The van der Waals surface area contributed by atoms with E-state index < -0.39 is 23.2 Å². The molecule has 1 amide bonds. The van der Waals surface area contributed by atoms with Gasteiger partial charge in [-0.3, -0.25) is 9.59 Å². The molecule has 0 fully saturated rings. The minimum absolute atomic E-state index is 0.376. The third-order valence-corrected chi connectivity index (χ3v) is 2.16. The molecule has 4 heteroatoms. The van der Waals surface area contributed by atoms with Crippen LogP contribution < -0.4 is 5.32 Å². The van der Waals surface area contributed by atoms with Gasteiger partial charge in [0.1, 0.15) is 5.92 Å². The maximum atomic E-state index is 11.7. The first-order valence-electron chi connectivity index (χ1n) is 5.30. The number of carboxylic acids is 1. The normalized spacial score (nSPS) is 12.8. The van der Waals surface area contributed by atoms with Gasteiger partial charge in [-0.05, 0) is 19.3 Å². The fourth-order valence-corrected chi connectivity index (χ4v) is 1.33. The molecular weight excluding hydrogens is 206 g/mol. The van der Waals surface area contributed by atoms with Gasteiger partial charge in [-0.25, -0.2) is 0 Å². The lowest BCUT2D eigenvalue weighted by Crippen LogP contribution is -2.42. The molecule has 0 saturated carbocycles. The number of aliphatic carboxylic acids is 1. The van der Waals surface area contributed by atoms with Gasteiger partial charge in [-0.2, -0.15) is 0 Å². The quantitative estimate of drug-likeness (QED) is 0.568. The third kappa shape index (κ3) is 4.96. The molecule has 0 rings (SSSR count). The molecule has 16 heavy (non-hydrogen) atoms. The van der Waals surface area contributed by atoms with Gasteiger partial charge in [0.05, 0.1) is 0 Å². The number of carbonyl (C=O) groups is 2. The van der Waals surface area contributed by atoms with Crippen LogP contribution in [0.3, 0.4) is 0 Å². The molecule has 0 aromatic carbocycles. The fraction of sp³-hybridized carbons (Fsp3) is 0.667. The van der Waals surface area contributed by atoms with Crippen LogP contribution in [0.15, 0.2) is 11.6 Å². The Morgan fingerprint density at radius 2 is 1.81 bits per heavy atom. The molecular formula is C12H21NO3. The summed E-state index contributed by atoms with van der Waals surface area (Å²) in [5.41, 5.74) is 0.504. The number of carboxylic acid groups (broad SMARTS) is 1. The van der Waals surface area contributed by atoms with Gasteiger partial charge >= 0.3 is 5.97 Å². The van der Waals surface area contributed by atoms with Crippen molar-refractivity contribution in [3.63, 3.8) is 0 Å². The molecule has 0 aliphatic rings. The maximum Gasteiger partial charge on any atom is 0.316 e. The molecule has 0 heterocycles. The van der Waals surface area contributed by atoms with E-state index in [0.29, 0.717) is 6.54 Å². The summed E-state index contributed by atoms with van der Waals surface area (Å²) in [6, 6.07) is 0. The highest BCUT2D eigenvalue weighted by molar-refractivity contribution is 5.97. The molecule has 2 N–H and O–H groups in total. The average molecular weight is 227 g/mol. The van der Waals surface area contributed by atoms with E-state index in [4.69, 9.17) is 5.11 Å². The number of hydrogen-bond acceptors (Lipinski definition) is 2. The highest BCUT2D eigenvalue weighted by Gasteiger charge is 2.37. The second-order valence-corrected chi connectivity index (χ2v) is 5.16. The predicted molar refractivity (Wildman–Crippen MR) is 63.0 cm³/mol. The van der Waals surface area contributed by atoms with E-state index in [-0.39, 0.29) is 0 Å². The van der Waals surface area contributed by atoms with Gasteiger partial charge in [0.15, 0.2) is 0 Å². The summed E-state index contributed by atoms with van der Waals surface area (Å²) < 4.78 is 0. The Balaban J connectivity index is 4.54. The lowest BCUT2D eigenvalue weighted by Gasteiger charge is -2.25. The van der Waals surface area contributed by atoms with E-state index in [0.717, 1.165) is 5.57 Å². The number of hydrogen-bond donors (Lipinski definition) is 2. The van der Waals surface area contributed by atoms with Crippen molar-refractivity contribution in [3.8, 4) is 0 Å². The van der Waals surface area contributed by atoms with Crippen molar-refractivity contribution in [2.75, 3.05) is 6.54 Å². The van der Waals surface area contributed by atoms with E-state index in [9.17, 15) is 9.59 Å². The van der Waals surface area contributed by atoms with Crippen LogP contribution in [0.1, 0.15) is 34.6 Å². The Morgan fingerprint density at radius 1 is 1.31 bits per heavy atom. The van der Waals surface area contributed by atoms with E-state index in [1.807, 2.05) is 19.9 Å². The molecule has 0 radical (unpaired) electrons. The highest BCUT2D eigenvalue weighted by atomic mass is 16.4. The van der Waals surface area contributed by atoms with Crippen molar-refractivity contribution in [2.45, 2.75) is 34.6 Å². The van der Waals surface area contributed by atoms with Crippen LogP contribution in [0.25, 0.3) is 0 Å². The molecule has 92 valence electrons. The van der Waals surface area contributed by atoms with E-state index in [1.165, 1.54) is 0 Å². The summed E-state index contributed by atoms with van der Waals surface area (Å²) in [6.45, 7) is 9.45. The second-order valence-electron chi connectivity index (χ2n) is 5.16. The molecule has 4 nitrogen and oxygen atoms in total. The van der Waals surface area contributed by atoms with Gasteiger partial charge in [0.2, 0.25) is 5.91 Å². The molecule has 0 saturated heterocycles. The van der Waals surface area contributed by atoms with Crippen LogP contribution in [-0.2, 0) is 9.59 Å². The molecule has 0 aliphatic heterocycles. The summed E-state index contributed by atoms with van der Waals surface area (Å²) in [4.78, 5) is 22.7. The van der Waals surface area contributed by atoms with Crippen LogP contribution >= 0.6 is 0 Å². The van der Waals surface area contributed by atoms with Crippen molar-refractivity contribution < 1.29 is 14.7 Å². The Bertz CT molecular complexity index is 296. The topological polar surface area (TPSA) is 66.4 Å². The first-order valence-corrected chi connectivity index (χ1v) is 5.30. The second kappa shape index (κ2) is 5.68. The van der Waals surface area contributed by atoms with Gasteiger partial charge in [-0.1, -0.05) is 32.4 Å². The van der Waals surface area contributed by atoms with Gasteiger partial charge in [0.25, 0.3) is 0 Å². The van der Waals surface area contributed by atoms with E-state index in [2.05, 4.69) is 5.32 Å². The van der Waals surface area contributed by atoms with Crippen LogP contribution in [-0.4, -0.2) is 23.5 Å². The summed E-state index contributed by atoms with van der Waals surface area (Å²) in [5, 5.41) is 11.6. The first-order chi connectivity index (χ1) is 7.16. The zero-order chi connectivity index (χ0) is 12.9. The number of nitrogens with one attached hydrogen (secondary N) is 1. The molecule has 0 aromatic rings. The number of amides is 1. The van der Waals surface area contributed by atoms with Crippen LogP contribution in [0.4, 0.5) is 0 Å². The van der Waals surface area contributed by atoms with Crippen molar-refractivity contribution >= 4 is 11.9 Å². The predicted octanol–water partition coefficient (Wildman–Crippen LogP) is 1.82. The van der Waals surface area contributed by atoms with Gasteiger partial charge in [-0.15, -0.1) is 0 Å². The van der Waals surface area contributed by atoms with Crippen molar-refractivity contribution in [1.82, 2.24) is 5.32 Å². The number of carbonyl (C=O) groups excluding carboxylic acids is 1. The minimum atomic E-state index is -1.08. The zero-order valence-electron chi connectivity index (χ0n) is 10.6. The molecule has 1 unspecified atom stereocenters. The number of allylic oxidation sites excluding steroid dienone is 1. The zero-order valence-corrected chi connectivity index (χ0v) is 10.6. The molecule has 0 spiro atoms. The molecule has 0 aromatic heterocycles. The van der Waals surface area contributed by atoms with Crippen molar-refractivity contribution in [2.24, 2.45) is 11.3 Å². The smallest absolute Gasteiger partial charge is 0.316 e. The SMILES string of the molecule is CC(C)=CCNC(=O)C(C(=O)O)C(C)(C)C. The lowest BCUT2D eigenvalue weighted by atomic mass is 9.80. The Morgan fingerprint density at radius 3 is 2.12 bits per heavy atom. The van der Waals surface area contributed by atoms with Gasteiger partial charge < -0.3 is 10.4 Å². The van der Waals surface area contributed by atoms with Gasteiger partial charge in [0, 0.05) is 6.54 Å². The average Bonchev–Trinajstić information content (AvgIpc) is 1.98. The summed E-state index contributed by atoms with van der Waals surface area (Å²) >= 11 is 0. The third-order valence-electron chi connectivity index (χ3n) is 2.16. The Hall–Kier alpha value is -1.32. The monoisotopic (exact) mass is 227 g/mol. The molecule has 0 bridgehead atoms. The van der Waals surface area contributed by atoms with Crippen molar-refractivity contribution in [1.29, 1.82) is 0 Å². The van der Waals surface area contributed by atoms with Crippen molar-refractivity contribution in [3.05, 3.63) is 11.6 Å².